The minimum atomic E-state index is -0.333. The van der Waals surface area contributed by atoms with Gasteiger partial charge in [0.25, 0.3) is 5.91 Å². The molecule has 30 heavy (non-hydrogen) atoms. The summed E-state index contributed by atoms with van der Waals surface area (Å²) >= 11 is 0. The van der Waals surface area contributed by atoms with Crippen LogP contribution in [-0.4, -0.2) is 25.8 Å². The zero-order chi connectivity index (χ0) is 21.3. The van der Waals surface area contributed by atoms with Crippen LogP contribution in [0.2, 0.25) is 0 Å². The van der Waals surface area contributed by atoms with Crippen LogP contribution in [0.1, 0.15) is 44.5 Å². The summed E-state index contributed by atoms with van der Waals surface area (Å²) in [6.45, 7) is 6.01. The number of aryl methyl sites for hydroxylation is 3. The van der Waals surface area contributed by atoms with Gasteiger partial charge in [0.1, 0.15) is 0 Å². The summed E-state index contributed by atoms with van der Waals surface area (Å²) in [4.78, 5) is 17.2. The Morgan fingerprint density at radius 1 is 1.10 bits per heavy atom. The zero-order valence-electron chi connectivity index (χ0n) is 17.4. The van der Waals surface area contributed by atoms with Crippen LogP contribution in [0.15, 0.2) is 59.5 Å². The van der Waals surface area contributed by atoms with Crippen LogP contribution in [-0.2, 0) is 7.05 Å². The summed E-state index contributed by atoms with van der Waals surface area (Å²) < 4.78 is 7.18. The lowest BCUT2D eigenvalue weighted by atomic mass is 9.94. The fourth-order valence-corrected chi connectivity index (χ4v) is 3.42. The lowest BCUT2D eigenvalue weighted by Gasteiger charge is -2.21. The highest BCUT2D eigenvalue weighted by Crippen LogP contribution is 2.27. The molecule has 0 aliphatic heterocycles. The molecule has 7 nitrogen and oxygen atoms in total. The Kier molecular flexibility index (Phi) is 5.18. The Morgan fingerprint density at radius 2 is 1.87 bits per heavy atom. The van der Waals surface area contributed by atoms with E-state index < -0.39 is 0 Å². The van der Waals surface area contributed by atoms with Gasteiger partial charge in [0.05, 0.1) is 17.8 Å². The topological polar surface area (TPSA) is 85.8 Å². The maximum atomic E-state index is 13.1. The number of nitrogens with one attached hydrogen (secondary N) is 1. The Hall–Kier alpha value is -3.74. The van der Waals surface area contributed by atoms with Crippen LogP contribution in [0.25, 0.3) is 11.3 Å². The number of hydrogen-bond acceptors (Lipinski definition) is 5. The van der Waals surface area contributed by atoms with Crippen LogP contribution in [0, 0.1) is 20.8 Å². The van der Waals surface area contributed by atoms with Crippen molar-refractivity contribution in [2.24, 2.45) is 7.05 Å². The highest BCUT2D eigenvalue weighted by molar-refractivity contribution is 5.93. The third kappa shape index (κ3) is 3.74. The lowest BCUT2D eigenvalue weighted by Crippen LogP contribution is -2.30. The quantitative estimate of drug-likeness (QED) is 0.548. The van der Waals surface area contributed by atoms with E-state index in [1.807, 2.05) is 40.0 Å². The first-order valence-corrected chi connectivity index (χ1v) is 9.67. The van der Waals surface area contributed by atoms with Gasteiger partial charge in [0.2, 0.25) is 0 Å². The molecular formula is C23H23N5O2. The van der Waals surface area contributed by atoms with Crippen molar-refractivity contribution in [1.29, 1.82) is 0 Å². The van der Waals surface area contributed by atoms with Gasteiger partial charge in [-0.3, -0.25) is 14.5 Å². The molecule has 1 aromatic carbocycles. The monoisotopic (exact) mass is 401 g/mol. The molecule has 4 aromatic rings. The number of carbonyl (C=O) groups is 1. The molecule has 1 atom stereocenters. The summed E-state index contributed by atoms with van der Waals surface area (Å²) in [5, 5.41) is 11.3. The number of hydrogen-bond donors (Lipinski definition) is 1. The van der Waals surface area contributed by atoms with Gasteiger partial charge in [0, 0.05) is 31.2 Å². The molecule has 0 saturated carbocycles. The van der Waals surface area contributed by atoms with Crippen LogP contribution < -0.4 is 5.32 Å². The molecule has 0 aliphatic rings. The maximum absolute atomic E-state index is 13.1. The SMILES string of the molecule is Cc1ccc(C)c([C@H](NC(=O)c2cc(-c3cnn(C)c3C)on2)c2ccncc2)c1. The molecule has 0 fully saturated rings. The van der Waals surface area contributed by atoms with Gasteiger partial charge in [0.15, 0.2) is 11.5 Å². The van der Waals surface area contributed by atoms with Gasteiger partial charge < -0.3 is 9.84 Å². The Balaban J connectivity index is 1.66. The van der Waals surface area contributed by atoms with E-state index in [1.165, 1.54) is 0 Å². The van der Waals surface area contributed by atoms with Crippen molar-refractivity contribution in [3.63, 3.8) is 0 Å². The van der Waals surface area contributed by atoms with Crippen molar-refractivity contribution in [1.82, 2.24) is 25.2 Å². The van der Waals surface area contributed by atoms with Crippen LogP contribution in [0.4, 0.5) is 0 Å². The van der Waals surface area contributed by atoms with E-state index in [4.69, 9.17) is 4.52 Å². The van der Waals surface area contributed by atoms with Crippen LogP contribution in [0.3, 0.4) is 0 Å². The zero-order valence-corrected chi connectivity index (χ0v) is 17.4. The van der Waals surface area contributed by atoms with E-state index >= 15 is 0 Å². The van der Waals surface area contributed by atoms with E-state index in [0.717, 1.165) is 33.5 Å². The molecule has 1 N–H and O–H groups in total. The molecule has 0 spiro atoms. The van der Waals surface area contributed by atoms with E-state index in [2.05, 4.69) is 38.8 Å². The minimum absolute atomic E-state index is 0.220. The predicted molar refractivity (Wildman–Crippen MR) is 113 cm³/mol. The van der Waals surface area contributed by atoms with Gasteiger partial charge in [-0.2, -0.15) is 5.10 Å². The summed E-state index contributed by atoms with van der Waals surface area (Å²) in [6.07, 6.45) is 5.14. The highest BCUT2D eigenvalue weighted by Gasteiger charge is 2.23. The number of nitrogens with zero attached hydrogens (tertiary/aromatic N) is 4. The van der Waals surface area contributed by atoms with Crippen molar-refractivity contribution in [3.8, 4) is 11.3 Å². The van der Waals surface area contributed by atoms with Gasteiger partial charge >= 0.3 is 0 Å². The van der Waals surface area contributed by atoms with Crippen LogP contribution in [0.5, 0.6) is 0 Å². The number of pyridine rings is 1. The molecular weight excluding hydrogens is 378 g/mol. The van der Waals surface area contributed by atoms with E-state index in [9.17, 15) is 4.79 Å². The van der Waals surface area contributed by atoms with Crippen molar-refractivity contribution < 1.29 is 9.32 Å². The first-order valence-electron chi connectivity index (χ1n) is 9.67. The first-order chi connectivity index (χ1) is 14.4. The second-order valence-corrected chi connectivity index (χ2v) is 7.39. The van der Waals surface area contributed by atoms with Crippen molar-refractivity contribution in [3.05, 3.63) is 88.6 Å². The van der Waals surface area contributed by atoms with Crippen molar-refractivity contribution in [2.45, 2.75) is 26.8 Å². The third-order valence-electron chi connectivity index (χ3n) is 5.30. The smallest absolute Gasteiger partial charge is 0.274 e. The number of rotatable bonds is 5. The second kappa shape index (κ2) is 7.94. The molecule has 3 aromatic heterocycles. The molecule has 1 amide bonds. The Bertz CT molecular complexity index is 1190. The van der Waals surface area contributed by atoms with Crippen LogP contribution >= 0.6 is 0 Å². The number of carbonyl (C=O) groups excluding carboxylic acids is 1. The number of amides is 1. The average molecular weight is 401 g/mol. The van der Waals surface area contributed by atoms with Crippen molar-refractivity contribution in [2.75, 3.05) is 0 Å². The minimum Gasteiger partial charge on any atom is -0.355 e. The average Bonchev–Trinajstić information content (AvgIpc) is 3.36. The molecule has 0 aliphatic carbocycles. The standard InChI is InChI=1S/C23H23N5O2/c1-14-5-6-15(2)18(11-14)22(17-7-9-24-10-8-17)26-23(29)20-12-21(30-27-20)19-13-25-28(4)16(19)3/h5-13,22H,1-4H3,(H,26,29)/t22-/m1/s1. The molecule has 0 radical (unpaired) electrons. The largest absolute Gasteiger partial charge is 0.355 e. The first kappa shape index (κ1) is 19.6. The van der Waals surface area contributed by atoms with E-state index in [1.54, 1.807) is 29.3 Å². The fourth-order valence-electron chi connectivity index (χ4n) is 3.42. The summed E-state index contributed by atoms with van der Waals surface area (Å²) in [5.74, 6) is 0.201. The Morgan fingerprint density at radius 3 is 2.57 bits per heavy atom. The van der Waals surface area contributed by atoms with E-state index in [-0.39, 0.29) is 17.6 Å². The third-order valence-corrected chi connectivity index (χ3v) is 5.30. The number of aromatic nitrogens is 4. The van der Waals surface area contributed by atoms with Gasteiger partial charge in [-0.1, -0.05) is 28.9 Å². The van der Waals surface area contributed by atoms with E-state index in [0.29, 0.717) is 5.76 Å². The maximum Gasteiger partial charge on any atom is 0.274 e. The molecule has 0 bridgehead atoms. The Labute approximate surface area is 174 Å². The molecule has 4 rings (SSSR count). The van der Waals surface area contributed by atoms with Gasteiger partial charge in [-0.15, -0.1) is 0 Å². The summed E-state index contributed by atoms with van der Waals surface area (Å²) in [6, 6.07) is 11.3. The lowest BCUT2D eigenvalue weighted by molar-refractivity contribution is 0.0934. The predicted octanol–water partition coefficient (Wildman–Crippen LogP) is 3.91. The molecule has 0 unspecified atom stereocenters. The van der Waals surface area contributed by atoms with Crippen molar-refractivity contribution >= 4 is 5.91 Å². The summed E-state index contributed by atoms with van der Waals surface area (Å²) in [5.41, 5.74) is 6.15. The molecule has 0 saturated heterocycles. The van der Waals surface area contributed by atoms with Gasteiger partial charge in [-0.05, 0) is 49.6 Å². The molecule has 3 heterocycles. The normalized spacial score (nSPS) is 12.0. The fraction of sp³-hybridized carbons (Fsp3) is 0.217. The summed E-state index contributed by atoms with van der Waals surface area (Å²) in [7, 11) is 1.85. The molecule has 152 valence electrons. The highest BCUT2D eigenvalue weighted by atomic mass is 16.5. The molecule has 7 heteroatoms. The number of benzene rings is 1. The van der Waals surface area contributed by atoms with Gasteiger partial charge in [-0.25, -0.2) is 0 Å². The second-order valence-electron chi connectivity index (χ2n) is 7.39.